The van der Waals surface area contributed by atoms with Crippen molar-refractivity contribution in [2.24, 2.45) is 0 Å². The van der Waals surface area contributed by atoms with Crippen molar-refractivity contribution in [2.75, 3.05) is 0 Å². The van der Waals surface area contributed by atoms with Crippen LogP contribution in [0.4, 0.5) is 0 Å². The van der Waals surface area contributed by atoms with Gasteiger partial charge in [0.1, 0.15) is 0 Å². The molecule has 21 heavy (non-hydrogen) atoms. The number of nitrogens with zero attached hydrogens (tertiary/aromatic N) is 1. The topological polar surface area (TPSA) is 12.9 Å². The first-order valence-electron chi connectivity index (χ1n) is 7.35. The van der Waals surface area contributed by atoms with Gasteiger partial charge in [-0.25, -0.2) is 0 Å². The van der Waals surface area contributed by atoms with Crippen molar-refractivity contribution in [1.82, 2.24) is 4.98 Å². The molecule has 0 bridgehead atoms. The lowest BCUT2D eigenvalue weighted by Crippen LogP contribution is -2.07. The molecule has 3 rings (SSSR count). The molecule has 2 aromatic carbocycles. The molecule has 0 unspecified atom stereocenters. The zero-order valence-electron chi connectivity index (χ0n) is 12.2. The first kappa shape index (κ1) is 13.6. The van der Waals surface area contributed by atoms with Crippen LogP contribution in [0.1, 0.15) is 28.3 Å². The zero-order valence-corrected chi connectivity index (χ0v) is 12.2. The van der Waals surface area contributed by atoms with Crippen LogP contribution >= 0.6 is 0 Å². The molecule has 1 heterocycles. The van der Waals surface area contributed by atoms with Crippen molar-refractivity contribution >= 4 is 0 Å². The fourth-order valence-corrected chi connectivity index (χ4v) is 2.72. The smallest absolute Gasteiger partial charge is 0.0442 e. The highest BCUT2D eigenvalue weighted by Gasteiger charge is 2.16. The molecule has 1 nitrogen and oxygen atoms in total. The van der Waals surface area contributed by atoms with E-state index < -0.39 is 0 Å². The lowest BCUT2D eigenvalue weighted by atomic mass is 9.86. The van der Waals surface area contributed by atoms with Crippen LogP contribution in [0.2, 0.25) is 0 Å². The molecule has 0 N–H and O–H groups in total. The normalized spacial score (nSPS) is 10.8. The van der Waals surface area contributed by atoms with Crippen molar-refractivity contribution < 1.29 is 0 Å². The van der Waals surface area contributed by atoms with Gasteiger partial charge in [0, 0.05) is 24.2 Å². The van der Waals surface area contributed by atoms with Crippen molar-refractivity contribution in [1.29, 1.82) is 0 Å². The maximum Gasteiger partial charge on any atom is 0.0442 e. The standard InChI is InChI=1S/C20H19N/c1-16-9-8-14-21-20(16)15-19(17-10-4-2-5-11-17)18-12-6-3-7-13-18/h2-14,19H,15H2,1H3. The molecule has 0 saturated heterocycles. The van der Waals surface area contributed by atoms with E-state index in [1.54, 1.807) is 0 Å². The average molecular weight is 273 g/mol. The number of pyridine rings is 1. The fourth-order valence-electron chi connectivity index (χ4n) is 2.72. The first-order valence-corrected chi connectivity index (χ1v) is 7.35. The third kappa shape index (κ3) is 3.19. The largest absolute Gasteiger partial charge is 0.261 e. The summed E-state index contributed by atoms with van der Waals surface area (Å²) < 4.78 is 0. The third-order valence-electron chi connectivity index (χ3n) is 3.92. The molecule has 0 aliphatic carbocycles. The van der Waals surface area contributed by atoms with Gasteiger partial charge in [0.2, 0.25) is 0 Å². The van der Waals surface area contributed by atoms with E-state index in [1.807, 2.05) is 12.3 Å². The van der Waals surface area contributed by atoms with E-state index in [0.717, 1.165) is 6.42 Å². The van der Waals surface area contributed by atoms with Crippen LogP contribution in [0.15, 0.2) is 79.0 Å². The van der Waals surface area contributed by atoms with Gasteiger partial charge in [-0.15, -0.1) is 0 Å². The summed E-state index contributed by atoms with van der Waals surface area (Å²) in [5.74, 6) is 0.348. The molecule has 104 valence electrons. The number of aromatic nitrogens is 1. The molecule has 0 amide bonds. The Hall–Kier alpha value is -2.41. The third-order valence-corrected chi connectivity index (χ3v) is 3.92. The van der Waals surface area contributed by atoms with E-state index in [-0.39, 0.29) is 0 Å². The summed E-state index contributed by atoms with van der Waals surface area (Å²) in [5.41, 5.74) is 5.12. The van der Waals surface area contributed by atoms with Gasteiger partial charge in [-0.05, 0) is 29.7 Å². The van der Waals surface area contributed by atoms with Crippen LogP contribution in [0.25, 0.3) is 0 Å². The highest BCUT2D eigenvalue weighted by atomic mass is 14.7. The van der Waals surface area contributed by atoms with E-state index in [1.165, 1.54) is 22.4 Å². The number of benzene rings is 2. The van der Waals surface area contributed by atoms with Crippen molar-refractivity contribution in [3.05, 3.63) is 101 Å². The Morgan fingerprint density at radius 1 is 0.762 bits per heavy atom. The van der Waals surface area contributed by atoms with E-state index in [9.17, 15) is 0 Å². The summed E-state index contributed by atoms with van der Waals surface area (Å²) in [4.78, 5) is 4.57. The van der Waals surface area contributed by atoms with E-state index in [4.69, 9.17) is 0 Å². The number of hydrogen-bond acceptors (Lipinski definition) is 1. The molecule has 0 atom stereocenters. The first-order chi connectivity index (χ1) is 10.3. The van der Waals surface area contributed by atoms with Crippen LogP contribution in [-0.4, -0.2) is 4.98 Å². The highest BCUT2D eigenvalue weighted by molar-refractivity contribution is 5.35. The highest BCUT2D eigenvalue weighted by Crippen LogP contribution is 2.28. The minimum absolute atomic E-state index is 0.348. The van der Waals surface area contributed by atoms with Crippen LogP contribution in [0, 0.1) is 6.92 Å². The Labute approximate surface area is 126 Å². The molecular formula is C20H19N. The average Bonchev–Trinajstić information content (AvgIpc) is 2.56. The second kappa shape index (κ2) is 6.36. The van der Waals surface area contributed by atoms with Crippen molar-refractivity contribution in [2.45, 2.75) is 19.3 Å². The van der Waals surface area contributed by atoms with Crippen LogP contribution in [0.5, 0.6) is 0 Å². The fraction of sp³-hybridized carbons (Fsp3) is 0.150. The van der Waals surface area contributed by atoms with Crippen molar-refractivity contribution in [3.8, 4) is 0 Å². The van der Waals surface area contributed by atoms with Gasteiger partial charge in [-0.3, -0.25) is 4.98 Å². The predicted octanol–water partition coefficient (Wildman–Crippen LogP) is 4.76. The predicted molar refractivity (Wildman–Crippen MR) is 87.4 cm³/mol. The van der Waals surface area contributed by atoms with Gasteiger partial charge in [-0.1, -0.05) is 66.7 Å². The van der Waals surface area contributed by atoms with Gasteiger partial charge in [0.25, 0.3) is 0 Å². The van der Waals surface area contributed by atoms with Gasteiger partial charge in [0.05, 0.1) is 0 Å². The summed E-state index contributed by atoms with van der Waals surface area (Å²) in [6.07, 6.45) is 2.82. The van der Waals surface area contributed by atoms with E-state index in [0.29, 0.717) is 5.92 Å². The van der Waals surface area contributed by atoms with E-state index in [2.05, 4.69) is 78.6 Å². The molecule has 0 saturated carbocycles. The summed E-state index contributed by atoms with van der Waals surface area (Å²) in [5, 5.41) is 0. The maximum atomic E-state index is 4.57. The second-order valence-corrected chi connectivity index (χ2v) is 5.35. The van der Waals surface area contributed by atoms with Gasteiger partial charge in [0.15, 0.2) is 0 Å². The maximum absolute atomic E-state index is 4.57. The molecule has 0 aliphatic rings. The summed E-state index contributed by atoms with van der Waals surface area (Å²) >= 11 is 0. The zero-order chi connectivity index (χ0) is 14.5. The number of rotatable bonds is 4. The summed E-state index contributed by atoms with van der Waals surface area (Å²) in [6, 6.07) is 25.5. The molecule has 1 aromatic heterocycles. The molecule has 3 aromatic rings. The van der Waals surface area contributed by atoms with Crippen LogP contribution < -0.4 is 0 Å². The van der Waals surface area contributed by atoms with E-state index >= 15 is 0 Å². The number of hydrogen-bond donors (Lipinski definition) is 0. The number of aryl methyl sites for hydroxylation is 1. The monoisotopic (exact) mass is 273 g/mol. The lowest BCUT2D eigenvalue weighted by molar-refractivity contribution is 0.777. The Balaban J connectivity index is 1.99. The van der Waals surface area contributed by atoms with Crippen LogP contribution in [-0.2, 0) is 6.42 Å². The molecule has 0 fully saturated rings. The minimum atomic E-state index is 0.348. The lowest BCUT2D eigenvalue weighted by Gasteiger charge is -2.18. The molecule has 0 aliphatic heterocycles. The molecule has 0 spiro atoms. The van der Waals surface area contributed by atoms with Gasteiger partial charge in [-0.2, -0.15) is 0 Å². The summed E-state index contributed by atoms with van der Waals surface area (Å²) in [6.45, 7) is 2.13. The Kier molecular flexibility index (Phi) is 4.11. The quantitative estimate of drug-likeness (QED) is 0.667. The Morgan fingerprint density at radius 3 is 1.86 bits per heavy atom. The second-order valence-electron chi connectivity index (χ2n) is 5.35. The van der Waals surface area contributed by atoms with Gasteiger partial charge < -0.3 is 0 Å². The van der Waals surface area contributed by atoms with Crippen LogP contribution in [0.3, 0.4) is 0 Å². The van der Waals surface area contributed by atoms with Gasteiger partial charge >= 0.3 is 0 Å². The van der Waals surface area contributed by atoms with Crippen molar-refractivity contribution in [3.63, 3.8) is 0 Å². The SMILES string of the molecule is Cc1cccnc1CC(c1ccccc1)c1ccccc1. The Morgan fingerprint density at radius 2 is 1.33 bits per heavy atom. The molecular weight excluding hydrogens is 254 g/mol. The molecule has 0 radical (unpaired) electrons. The Bertz CT molecular complexity index is 650. The molecule has 1 heteroatoms. The minimum Gasteiger partial charge on any atom is -0.261 e. The summed E-state index contributed by atoms with van der Waals surface area (Å²) in [7, 11) is 0.